The van der Waals surface area contributed by atoms with Gasteiger partial charge in [0.05, 0.1) is 4.47 Å². The predicted octanol–water partition coefficient (Wildman–Crippen LogP) is 3.58. The van der Waals surface area contributed by atoms with Crippen LogP contribution in [0.15, 0.2) is 4.47 Å². The van der Waals surface area contributed by atoms with Crippen LogP contribution in [0.5, 0.6) is 5.75 Å². The van der Waals surface area contributed by atoms with Gasteiger partial charge in [0.1, 0.15) is 0 Å². The lowest BCUT2D eigenvalue weighted by Gasteiger charge is -2.07. The van der Waals surface area contributed by atoms with E-state index >= 15 is 0 Å². The van der Waals surface area contributed by atoms with E-state index in [2.05, 4.69) is 20.7 Å². The highest BCUT2D eigenvalue weighted by Crippen LogP contribution is 2.32. The number of rotatable bonds is 2. The molecule has 0 spiro atoms. The van der Waals surface area contributed by atoms with Crippen molar-refractivity contribution in [2.24, 2.45) is 0 Å². The van der Waals surface area contributed by atoms with Crippen LogP contribution in [0.25, 0.3) is 0 Å². The molecule has 0 saturated carbocycles. The molecule has 0 N–H and O–H groups in total. The molecule has 0 radical (unpaired) electrons. The van der Waals surface area contributed by atoms with Gasteiger partial charge in [-0.25, -0.2) is 8.78 Å². The molecule has 0 unspecified atom stereocenters. The zero-order chi connectivity index (χ0) is 10.9. The first kappa shape index (κ1) is 11.6. The summed E-state index contributed by atoms with van der Waals surface area (Å²) < 4.78 is 54.7. The minimum atomic E-state index is -1.63. The maximum atomic E-state index is 12.9. The molecule has 0 heterocycles. The van der Waals surface area contributed by atoms with Crippen molar-refractivity contribution < 1.29 is 22.3 Å². The van der Waals surface area contributed by atoms with Crippen molar-refractivity contribution in [3.8, 4) is 5.75 Å². The van der Waals surface area contributed by atoms with E-state index in [9.17, 15) is 17.6 Å². The van der Waals surface area contributed by atoms with Crippen LogP contribution < -0.4 is 4.74 Å². The average Bonchev–Trinajstić information content (AvgIpc) is 2.19. The minimum absolute atomic E-state index is 0.617. The van der Waals surface area contributed by atoms with Crippen LogP contribution in [-0.4, -0.2) is 6.07 Å². The second-order valence-electron chi connectivity index (χ2n) is 2.15. The molecule has 7 heteroatoms. The van der Waals surface area contributed by atoms with E-state index in [4.69, 9.17) is 11.6 Å². The summed E-state index contributed by atoms with van der Waals surface area (Å²) in [5.74, 6) is -7.56. The van der Waals surface area contributed by atoms with E-state index in [-0.39, 0.29) is 0 Å². The first-order chi connectivity index (χ1) is 6.50. The quantitative estimate of drug-likeness (QED) is 0.350. The fraction of sp³-hybridized carbons (Fsp3) is 0.143. The second-order valence-corrected chi connectivity index (χ2v) is 3.16. The van der Waals surface area contributed by atoms with Crippen molar-refractivity contribution in [3.05, 3.63) is 27.7 Å². The lowest BCUT2D eigenvalue weighted by molar-refractivity contribution is 0.315. The van der Waals surface area contributed by atoms with Gasteiger partial charge >= 0.3 is 0 Å². The zero-order valence-corrected chi connectivity index (χ0v) is 8.73. The number of halogens is 6. The molecule has 0 aromatic heterocycles. The summed E-state index contributed by atoms with van der Waals surface area (Å²) in [6.45, 7) is 0. The number of alkyl halides is 1. The summed E-state index contributed by atoms with van der Waals surface area (Å²) in [5, 5.41) is 0. The van der Waals surface area contributed by atoms with E-state index in [1.54, 1.807) is 0 Å². The van der Waals surface area contributed by atoms with Crippen LogP contribution in [0.4, 0.5) is 17.6 Å². The number of ether oxygens (including phenoxy) is 1. The molecular formula is C7H2BrClF4O. The Kier molecular flexibility index (Phi) is 3.60. The maximum absolute atomic E-state index is 12.9. The third-order valence-electron chi connectivity index (χ3n) is 1.37. The first-order valence-electron chi connectivity index (χ1n) is 3.20. The fourth-order valence-corrected chi connectivity index (χ4v) is 1.22. The van der Waals surface area contributed by atoms with Gasteiger partial charge in [0.15, 0.2) is 23.5 Å². The summed E-state index contributed by atoms with van der Waals surface area (Å²) in [5.41, 5.74) is 0. The molecule has 0 aliphatic carbocycles. The molecule has 78 valence electrons. The van der Waals surface area contributed by atoms with E-state index in [0.717, 1.165) is 0 Å². The van der Waals surface area contributed by atoms with E-state index in [1.165, 1.54) is 0 Å². The van der Waals surface area contributed by atoms with Crippen LogP contribution in [0.1, 0.15) is 0 Å². The Labute approximate surface area is 89.7 Å². The topological polar surface area (TPSA) is 9.23 Å². The molecule has 0 atom stereocenters. The Balaban J connectivity index is 3.43. The van der Waals surface area contributed by atoms with Gasteiger partial charge in [-0.3, -0.25) is 0 Å². The van der Waals surface area contributed by atoms with Crippen molar-refractivity contribution in [2.45, 2.75) is 0 Å². The van der Waals surface area contributed by atoms with Gasteiger partial charge < -0.3 is 4.74 Å². The van der Waals surface area contributed by atoms with Gasteiger partial charge in [-0.1, -0.05) is 11.6 Å². The Morgan fingerprint density at radius 2 is 1.43 bits per heavy atom. The van der Waals surface area contributed by atoms with Gasteiger partial charge in [-0.05, 0) is 15.9 Å². The van der Waals surface area contributed by atoms with Crippen molar-refractivity contribution in [3.63, 3.8) is 0 Å². The lowest BCUT2D eigenvalue weighted by Crippen LogP contribution is -2.03. The van der Waals surface area contributed by atoms with Crippen LogP contribution in [0, 0.1) is 23.3 Å². The fourth-order valence-electron chi connectivity index (χ4n) is 0.766. The van der Waals surface area contributed by atoms with Gasteiger partial charge in [-0.2, -0.15) is 8.78 Å². The molecule has 1 rings (SSSR count). The van der Waals surface area contributed by atoms with Crippen LogP contribution in [0.2, 0.25) is 0 Å². The van der Waals surface area contributed by atoms with Crippen molar-refractivity contribution >= 4 is 27.5 Å². The number of hydrogen-bond donors (Lipinski definition) is 0. The average molecular weight is 293 g/mol. The molecule has 0 aliphatic heterocycles. The monoisotopic (exact) mass is 292 g/mol. The van der Waals surface area contributed by atoms with E-state index < -0.39 is 39.6 Å². The standard InChI is InChI=1S/C7H2BrClF4O/c8-2-3(10)5(12)7(14-1-9)6(13)4(2)11/h1H2. The molecule has 1 aromatic rings. The Hall–Kier alpha value is -0.490. The Morgan fingerprint density at radius 3 is 1.79 bits per heavy atom. The highest BCUT2D eigenvalue weighted by Gasteiger charge is 2.25. The molecular weight excluding hydrogens is 291 g/mol. The molecule has 0 aliphatic rings. The molecule has 1 aromatic carbocycles. The second kappa shape index (κ2) is 4.35. The normalized spacial score (nSPS) is 10.4. The summed E-state index contributed by atoms with van der Waals surface area (Å²) in [6, 6.07) is -0.617. The summed E-state index contributed by atoms with van der Waals surface area (Å²) in [7, 11) is 0. The van der Waals surface area contributed by atoms with Crippen molar-refractivity contribution in [2.75, 3.05) is 6.07 Å². The highest BCUT2D eigenvalue weighted by molar-refractivity contribution is 9.10. The minimum Gasteiger partial charge on any atom is -0.472 e. The van der Waals surface area contributed by atoms with E-state index in [0.29, 0.717) is 0 Å². The number of hydrogen-bond acceptors (Lipinski definition) is 1. The lowest BCUT2D eigenvalue weighted by atomic mass is 10.3. The summed E-state index contributed by atoms with van der Waals surface area (Å²) in [6.07, 6.45) is 0. The molecule has 0 saturated heterocycles. The van der Waals surface area contributed by atoms with Gasteiger partial charge in [-0.15, -0.1) is 0 Å². The van der Waals surface area contributed by atoms with Crippen LogP contribution in [0.3, 0.4) is 0 Å². The Bertz CT molecular complexity index is 342. The van der Waals surface area contributed by atoms with Crippen LogP contribution >= 0.6 is 27.5 Å². The third-order valence-corrected chi connectivity index (χ3v) is 2.17. The summed E-state index contributed by atoms with van der Waals surface area (Å²) in [4.78, 5) is 0. The van der Waals surface area contributed by atoms with Gasteiger partial charge in [0, 0.05) is 0 Å². The SMILES string of the molecule is Fc1c(F)c(OCCl)c(F)c(F)c1Br. The zero-order valence-electron chi connectivity index (χ0n) is 6.38. The number of benzene rings is 1. The summed E-state index contributed by atoms with van der Waals surface area (Å²) >= 11 is 7.36. The smallest absolute Gasteiger partial charge is 0.205 e. The van der Waals surface area contributed by atoms with Crippen molar-refractivity contribution in [1.29, 1.82) is 0 Å². The molecule has 1 nitrogen and oxygen atoms in total. The van der Waals surface area contributed by atoms with Crippen molar-refractivity contribution in [1.82, 2.24) is 0 Å². The maximum Gasteiger partial charge on any atom is 0.205 e. The largest absolute Gasteiger partial charge is 0.472 e. The Morgan fingerprint density at radius 1 is 1.00 bits per heavy atom. The van der Waals surface area contributed by atoms with Gasteiger partial charge in [0.2, 0.25) is 11.6 Å². The van der Waals surface area contributed by atoms with Gasteiger partial charge in [0.25, 0.3) is 0 Å². The highest BCUT2D eigenvalue weighted by atomic mass is 79.9. The third kappa shape index (κ3) is 1.81. The van der Waals surface area contributed by atoms with E-state index in [1.807, 2.05) is 0 Å². The predicted molar refractivity (Wildman–Crippen MR) is 45.3 cm³/mol. The van der Waals surface area contributed by atoms with Crippen LogP contribution in [-0.2, 0) is 0 Å². The molecule has 14 heavy (non-hydrogen) atoms. The molecule has 0 amide bonds. The molecule has 0 fully saturated rings. The first-order valence-corrected chi connectivity index (χ1v) is 4.53. The molecule has 0 bridgehead atoms.